The number of hydrogen-bond acceptors (Lipinski definition) is 5. The lowest BCUT2D eigenvalue weighted by atomic mass is 10.1. The van der Waals surface area contributed by atoms with Crippen molar-refractivity contribution < 1.29 is 23.5 Å². The molecular weight excluding hydrogens is 420 g/mol. The SMILES string of the molecule is COc1ccc(N2C(=O)C[C@@H](N(Cc3ccco3)C(=O)c3ccc(Cl)cc3)C2=O)cc1. The smallest absolute Gasteiger partial charge is 0.257 e. The van der Waals surface area contributed by atoms with Gasteiger partial charge in [-0.15, -0.1) is 0 Å². The lowest BCUT2D eigenvalue weighted by molar-refractivity contribution is -0.122. The van der Waals surface area contributed by atoms with Crippen LogP contribution in [0.15, 0.2) is 71.3 Å². The molecule has 3 aromatic rings. The van der Waals surface area contributed by atoms with E-state index in [4.69, 9.17) is 20.8 Å². The molecule has 2 heterocycles. The number of hydrogen-bond donors (Lipinski definition) is 0. The van der Waals surface area contributed by atoms with Gasteiger partial charge in [-0.1, -0.05) is 11.6 Å². The lowest BCUT2D eigenvalue weighted by Crippen LogP contribution is -2.45. The van der Waals surface area contributed by atoms with Crippen LogP contribution < -0.4 is 9.64 Å². The van der Waals surface area contributed by atoms with E-state index >= 15 is 0 Å². The summed E-state index contributed by atoms with van der Waals surface area (Å²) in [5, 5.41) is 0.493. The maximum atomic E-state index is 13.3. The van der Waals surface area contributed by atoms with Gasteiger partial charge in [0.2, 0.25) is 5.91 Å². The molecule has 1 fully saturated rings. The second kappa shape index (κ2) is 8.65. The minimum absolute atomic E-state index is 0.0502. The number of imide groups is 1. The van der Waals surface area contributed by atoms with Crippen LogP contribution in [-0.2, 0) is 16.1 Å². The van der Waals surface area contributed by atoms with E-state index in [0.29, 0.717) is 27.8 Å². The highest BCUT2D eigenvalue weighted by Gasteiger charge is 2.44. The summed E-state index contributed by atoms with van der Waals surface area (Å²) >= 11 is 5.93. The maximum absolute atomic E-state index is 13.3. The fraction of sp³-hybridized carbons (Fsp3) is 0.174. The van der Waals surface area contributed by atoms with Gasteiger partial charge in [0.05, 0.1) is 32.0 Å². The molecule has 0 aliphatic carbocycles. The molecule has 158 valence electrons. The van der Waals surface area contributed by atoms with Crippen LogP contribution in [0.1, 0.15) is 22.5 Å². The molecule has 0 radical (unpaired) electrons. The number of carbonyl (C=O) groups is 3. The molecule has 0 spiro atoms. The summed E-state index contributed by atoms with van der Waals surface area (Å²) in [5.41, 5.74) is 0.786. The number of nitrogens with zero attached hydrogens (tertiary/aromatic N) is 2. The molecule has 1 saturated heterocycles. The molecule has 7 nitrogen and oxygen atoms in total. The van der Waals surface area contributed by atoms with E-state index < -0.39 is 17.9 Å². The van der Waals surface area contributed by atoms with Gasteiger partial charge in [-0.25, -0.2) is 4.90 Å². The highest BCUT2D eigenvalue weighted by atomic mass is 35.5. The average Bonchev–Trinajstić information content (AvgIpc) is 3.39. The summed E-state index contributed by atoms with van der Waals surface area (Å²) in [6.45, 7) is 0.0502. The average molecular weight is 439 g/mol. The third-order valence-electron chi connectivity index (χ3n) is 5.09. The number of benzene rings is 2. The summed E-state index contributed by atoms with van der Waals surface area (Å²) in [7, 11) is 1.53. The van der Waals surface area contributed by atoms with Crippen LogP contribution in [-0.4, -0.2) is 35.8 Å². The minimum Gasteiger partial charge on any atom is -0.497 e. The van der Waals surface area contributed by atoms with Crippen LogP contribution in [0.2, 0.25) is 5.02 Å². The first-order valence-corrected chi connectivity index (χ1v) is 9.95. The van der Waals surface area contributed by atoms with E-state index in [2.05, 4.69) is 0 Å². The largest absolute Gasteiger partial charge is 0.497 e. The summed E-state index contributed by atoms with van der Waals surface area (Å²) in [4.78, 5) is 41.8. The molecule has 1 atom stereocenters. The Kier molecular flexibility index (Phi) is 5.77. The standard InChI is InChI=1S/C23H19ClN2O5/c1-30-18-10-8-17(9-11-18)26-21(27)13-20(23(26)29)25(14-19-3-2-12-31-19)22(28)15-4-6-16(24)7-5-15/h2-12,20H,13-14H2,1H3/t20-/m1/s1. The molecule has 0 unspecified atom stereocenters. The highest BCUT2D eigenvalue weighted by Crippen LogP contribution is 2.29. The number of anilines is 1. The fourth-order valence-electron chi connectivity index (χ4n) is 3.51. The predicted octanol–water partition coefficient (Wildman–Crippen LogP) is 3.92. The number of furan rings is 1. The monoisotopic (exact) mass is 438 g/mol. The topological polar surface area (TPSA) is 80.1 Å². The van der Waals surface area contributed by atoms with Crippen LogP contribution in [0.4, 0.5) is 5.69 Å². The number of rotatable bonds is 6. The molecule has 0 bridgehead atoms. The van der Waals surface area contributed by atoms with Crippen molar-refractivity contribution in [1.29, 1.82) is 0 Å². The quantitative estimate of drug-likeness (QED) is 0.545. The zero-order valence-corrected chi connectivity index (χ0v) is 17.4. The Hall–Kier alpha value is -3.58. The Morgan fingerprint density at radius 1 is 1.13 bits per heavy atom. The summed E-state index contributed by atoms with van der Waals surface area (Å²) in [6, 6.07) is 15.4. The Balaban J connectivity index is 1.65. The molecule has 2 aromatic carbocycles. The first-order chi connectivity index (χ1) is 15.0. The van der Waals surface area contributed by atoms with Crippen molar-refractivity contribution in [1.82, 2.24) is 4.90 Å². The van der Waals surface area contributed by atoms with Gasteiger partial charge >= 0.3 is 0 Å². The Morgan fingerprint density at radius 3 is 2.45 bits per heavy atom. The molecule has 1 aromatic heterocycles. The van der Waals surface area contributed by atoms with Gasteiger partial charge in [-0.3, -0.25) is 14.4 Å². The van der Waals surface area contributed by atoms with Gasteiger partial charge in [0.25, 0.3) is 11.8 Å². The molecule has 8 heteroatoms. The van der Waals surface area contributed by atoms with E-state index in [1.165, 1.54) is 18.3 Å². The Morgan fingerprint density at radius 2 is 1.84 bits per heavy atom. The van der Waals surface area contributed by atoms with Crippen molar-refractivity contribution >= 4 is 35.0 Å². The maximum Gasteiger partial charge on any atom is 0.257 e. The molecule has 3 amide bonds. The molecule has 1 aliphatic heterocycles. The van der Waals surface area contributed by atoms with E-state index in [1.54, 1.807) is 60.7 Å². The first-order valence-electron chi connectivity index (χ1n) is 9.57. The van der Waals surface area contributed by atoms with Gasteiger partial charge < -0.3 is 14.1 Å². The third-order valence-corrected chi connectivity index (χ3v) is 5.34. The van der Waals surface area contributed by atoms with Crippen LogP contribution in [0.3, 0.4) is 0 Å². The van der Waals surface area contributed by atoms with Crippen molar-refractivity contribution in [3.8, 4) is 5.75 Å². The molecule has 0 saturated carbocycles. The Bertz CT molecular complexity index is 1090. The van der Waals surface area contributed by atoms with Gasteiger partial charge in [0.15, 0.2) is 0 Å². The second-order valence-corrected chi connectivity index (χ2v) is 7.44. The van der Waals surface area contributed by atoms with E-state index in [-0.39, 0.29) is 18.9 Å². The number of halogens is 1. The van der Waals surface area contributed by atoms with E-state index in [9.17, 15) is 14.4 Å². The van der Waals surface area contributed by atoms with Crippen molar-refractivity contribution in [2.45, 2.75) is 19.0 Å². The first kappa shape index (κ1) is 20.7. The molecule has 31 heavy (non-hydrogen) atoms. The van der Waals surface area contributed by atoms with Gasteiger partial charge in [0.1, 0.15) is 17.6 Å². The zero-order valence-electron chi connectivity index (χ0n) is 16.7. The van der Waals surface area contributed by atoms with Crippen molar-refractivity contribution in [2.24, 2.45) is 0 Å². The predicted molar refractivity (Wildman–Crippen MR) is 114 cm³/mol. The van der Waals surface area contributed by atoms with Crippen LogP contribution in [0.5, 0.6) is 5.75 Å². The molecular formula is C23H19ClN2O5. The number of methoxy groups -OCH3 is 1. The molecule has 0 N–H and O–H groups in total. The van der Waals surface area contributed by atoms with E-state index in [1.807, 2.05) is 0 Å². The number of ether oxygens (including phenoxy) is 1. The lowest BCUT2D eigenvalue weighted by Gasteiger charge is -2.27. The number of carbonyl (C=O) groups excluding carboxylic acids is 3. The summed E-state index contributed by atoms with van der Waals surface area (Å²) in [6.07, 6.45) is 1.37. The van der Waals surface area contributed by atoms with Gasteiger partial charge in [-0.2, -0.15) is 0 Å². The summed E-state index contributed by atoms with van der Waals surface area (Å²) in [5.74, 6) is -0.129. The van der Waals surface area contributed by atoms with Crippen molar-refractivity contribution in [3.05, 3.63) is 83.3 Å². The number of amides is 3. The zero-order chi connectivity index (χ0) is 22.0. The van der Waals surface area contributed by atoms with Gasteiger partial charge in [0, 0.05) is 10.6 Å². The van der Waals surface area contributed by atoms with Gasteiger partial charge in [-0.05, 0) is 60.7 Å². The van der Waals surface area contributed by atoms with Crippen molar-refractivity contribution in [3.63, 3.8) is 0 Å². The van der Waals surface area contributed by atoms with Crippen LogP contribution in [0.25, 0.3) is 0 Å². The van der Waals surface area contributed by atoms with Crippen LogP contribution in [0, 0.1) is 0 Å². The molecule has 4 rings (SSSR count). The van der Waals surface area contributed by atoms with Crippen molar-refractivity contribution in [2.75, 3.05) is 12.0 Å². The normalized spacial score (nSPS) is 15.9. The fourth-order valence-corrected chi connectivity index (χ4v) is 3.64. The molecule has 1 aliphatic rings. The minimum atomic E-state index is -0.956. The summed E-state index contributed by atoms with van der Waals surface area (Å²) < 4.78 is 10.5. The van der Waals surface area contributed by atoms with E-state index in [0.717, 1.165) is 4.90 Å². The third kappa shape index (κ3) is 4.18. The second-order valence-electron chi connectivity index (χ2n) is 7.00. The Labute approximate surface area is 183 Å². The highest BCUT2D eigenvalue weighted by molar-refractivity contribution is 6.30. The van der Waals surface area contributed by atoms with Crippen LogP contribution >= 0.6 is 11.6 Å².